The van der Waals surface area contributed by atoms with Crippen LogP contribution in [0.15, 0.2) is 41.5 Å². The van der Waals surface area contributed by atoms with Gasteiger partial charge in [0.15, 0.2) is 5.96 Å². The summed E-state index contributed by atoms with van der Waals surface area (Å²) in [6, 6.07) is 10.1. The van der Waals surface area contributed by atoms with Gasteiger partial charge in [-0.15, -0.1) is 0 Å². The first kappa shape index (κ1) is 22.5. The summed E-state index contributed by atoms with van der Waals surface area (Å²) in [5, 5.41) is 6.66. The van der Waals surface area contributed by atoms with Crippen LogP contribution >= 0.6 is 0 Å². The highest BCUT2D eigenvalue weighted by Crippen LogP contribution is 2.19. The quantitative estimate of drug-likeness (QED) is 0.343. The molecule has 1 aromatic carbocycles. The summed E-state index contributed by atoms with van der Waals surface area (Å²) in [4.78, 5) is 8.98. The van der Waals surface area contributed by atoms with Crippen LogP contribution in [0.4, 0.5) is 0 Å². The number of nitrogens with one attached hydrogen (secondary N) is 2. The van der Waals surface area contributed by atoms with Gasteiger partial charge in [0.2, 0.25) is 5.88 Å². The van der Waals surface area contributed by atoms with Crippen molar-refractivity contribution >= 4 is 5.96 Å². The lowest BCUT2D eigenvalue weighted by Gasteiger charge is -2.14. The number of guanidine groups is 1. The molecule has 0 unspecified atom stereocenters. The normalized spacial score (nSPS) is 11.2. The van der Waals surface area contributed by atoms with Crippen LogP contribution in [0.5, 0.6) is 11.6 Å². The van der Waals surface area contributed by atoms with Gasteiger partial charge in [-0.1, -0.05) is 23.8 Å². The highest BCUT2D eigenvalue weighted by molar-refractivity contribution is 5.79. The van der Waals surface area contributed by atoms with E-state index in [9.17, 15) is 0 Å². The van der Waals surface area contributed by atoms with Gasteiger partial charge < -0.3 is 24.8 Å². The van der Waals surface area contributed by atoms with E-state index in [1.165, 1.54) is 11.1 Å². The molecule has 7 nitrogen and oxygen atoms in total. The topological polar surface area (TPSA) is 77.0 Å². The first-order valence-corrected chi connectivity index (χ1v) is 9.89. The van der Waals surface area contributed by atoms with Gasteiger partial charge in [-0.2, -0.15) is 0 Å². The molecule has 1 heterocycles. The Morgan fingerprint density at radius 3 is 2.72 bits per heavy atom. The minimum absolute atomic E-state index is 0.459. The predicted octanol–water partition coefficient (Wildman–Crippen LogP) is 2.72. The molecule has 0 aliphatic carbocycles. The molecule has 0 amide bonds. The molecule has 0 aliphatic heterocycles. The number of benzene rings is 1. The fraction of sp³-hybridized carbons (Fsp3) is 0.455. The van der Waals surface area contributed by atoms with Gasteiger partial charge in [0.1, 0.15) is 12.4 Å². The number of rotatable bonds is 11. The average Bonchev–Trinajstić information content (AvgIpc) is 2.73. The van der Waals surface area contributed by atoms with Crippen molar-refractivity contribution in [1.82, 2.24) is 15.6 Å². The molecule has 29 heavy (non-hydrogen) atoms. The van der Waals surface area contributed by atoms with E-state index in [-0.39, 0.29) is 0 Å². The molecule has 1 aromatic heterocycles. The molecular weight excluding hydrogens is 368 g/mol. The lowest BCUT2D eigenvalue weighted by atomic mass is 10.1. The summed E-state index contributed by atoms with van der Waals surface area (Å²) < 4.78 is 16.2. The van der Waals surface area contributed by atoms with Crippen LogP contribution in [0.3, 0.4) is 0 Å². The molecule has 0 aliphatic rings. The lowest BCUT2D eigenvalue weighted by molar-refractivity contribution is 0.143. The molecule has 0 radical (unpaired) electrons. The van der Waals surface area contributed by atoms with Crippen LogP contribution in [0, 0.1) is 6.92 Å². The van der Waals surface area contributed by atoms with Crippen molar-refractivity contribution in [3.63, 3.8) is 0 Å². The van der Waals surface area contributed by atoms with Gasteiger partial charge in [0.25, 0.3) is 0 Å². The maximum Gasteiger partial charge on any atom is 0.218 e. The average molecular weight is 401 g/mol. The van der Waals surface area contributed by atoms with Crippen LogP contribution in [-0.2, 0) is 17.7 Å². The zero-order valence-electron chi connectivity index (χ0n) is 17.8. The summed E-state index contributed by atoms with van der Waals surface area (Å²) in [5.41, 5.74) is 3.33. The molecule has 0 atom stereocenters. The van der Waals surface area contributed by atoms with E-state index in [1.54, 1.807) is 20.4 Å². The number of methoxy groups -OCH3 is 2. The summed E-state index contributed by atoms with van der Waals surface area (Å²) in [6.45, 7) is 7.11. The highest BCUT2D eigenvalue weighted by atomic mass is 16.5. The third-order valence-electron chi connectivity index (χ3n) is 4.25. The number of aryl methyl sites for hydroxylation is 1. The zero-order valence-corrected chi connectivity index (χ0v) is 17.8. The van der Waals surface area contributed by atoms with Crippen molar-refractivity contribution in [2.75, 3.05) is 40.5 Å². The molecule has 2 aromatic rings. The predicted molar refractivity (Wildman–Crippen MR) is 116 cm³/mol. The Bertz CT molecular complexity index is 780. The number of ether oxygens (including phenoxy) is 3. The van der Waals surface area contributed by atoms with Crippen molar-refractivity contribution in [1.29, 1.82) is 0 Å². The van der Waals surface area contributed by atoms with Crippen molar-refractivity contribution in [3.8, 4) is 11.6 Å². The number of hydrogen-bond acceptors (Lipinski definition) is 5. The number of aromatic nitrogens is 1. The molecular formula is C22H32N4O3. The molecule has 0 spiro atoms. The first-order valence-electron chi connectivity index (χ1n) is 9.89. The van der Waals surface area contributed by atoms with Gasteiger partial charge in [0.05, 0.1) is 20.3 Å². The smallest absolute Gasteiger partial charge is 0.218 e. The molecule has 0 fully saturated rings. The van der Waals surface area contributed by atoms with Crippen molar-refractivity contribution in [2.45, 2.75) is 26.8 Å². The molecule has 0 saturated carbocycles. The molecule has 0 saturated heterocycles. The number of nitrogens with zero attached hydrogens (tertiary/aromatic N) is 2. The van der Waals surface area contributed by atoms with Crippen LogP contribution in [-0.4, -0.2) is 51.5 Å². The van der Waals surface area contributed by atoms with Crippen molar-refractivity contribution < 1.29 is 14.2 Å². The van der Waals surface area contributed by atoms with E-state index in [0.717, 1.165) is 36.8 Å². The van der Waals surface area contributed by atoms with Crippen molar-refractivity contribution in [2.24, 2.45) is 4.99 Å². The Labute approximate surface area is 173 Å². The SMILES string of the molecule is CCNC(=NCc1cccnc1OCCOC)NCCc1cc(C)ccc1OC. The Balaban J connectivity index is 1.97. The minimum atomic E-state index is 0.459. The second kappa shape index (κ2) is 12.6. The lowest BCUT2D eigenvalue weighted by Crippen LogP contribution is -2.38. The fourth-order valence-electron chi connectivity index (χ4n) is 2.82. The summed E-state index contributed by atoms with van der Waals surface area (Å²) in [7, 11) is 3.35. The molecule has 7 heteroatoms. The van der Waals surface area contributed by atoms with Crippen molar-refractivity contribution in [3.05, 3.63) is 53.2 Å². The summed E-state index contributed by atoms with van der Waals surface area (Å²) >= 11 is 0. The number of aliphatic imine (C=N–C) groups is 1. The highest BCUT2D eigenvalue weighted by Gasteiger charge is 2.07. The molecule has 158 valence electrons. The number of pyridine rings is 1. The standard InChI is InChI=1S/C22H32N4O3/c1-5-23-22(25-12-10-18-15-17(2)8-9-20(18)28-4)26-16-19-7-6-11-24-21(19)29-14-13-27-3/h6-9,11,15H,5,10,12-14,16H2,1-4H3,(H2,23,25,26). The van der Waals surface area contributed by atoms with Gasteiger partial charge in [-0.3, -0.25) is 0 Å². The molecule has 2 rings (SSSR count). The maximum absolute atomic E-state index is 5.69. The largest absolute Gasteiger partial charge is 0.496 e. The van der Waals surface area contributed by atoms with Gasteiger partial charge in [0, 0.05) is 32.0 Å². The van der Waals surface area contributed by atoms with E-state index < -0.39 is 0 Å². The fourth-order valence-corrected chi connectivity index (χ4v) is 2.82. The maximum atomic E-state index is 5.69. The third kappa shape index (κ3) is 7.62. The molecule has 2 N–H and O–H groups in total. The monoisotopic (exact) mass is 400 g/mol. The van der Waals surface area contributed by atoms with E-state index in [1.807, 2.05) is 25.1 Å². The van der Waals surface area contributed by atoms with Gasteiger partial charge in [-0.05, 0) is 38.0 Å². The van der Waals surface area contributed by atoms with Crippen LogP contribution < -0.4 is 20.1 Å². The number of hydrogen-bond donors (Lipinski definition) is 2. The van der Waals surface area contributed by atoms with Crippen LogP contribution in [0.2, 0.25) is 0 Å². The summed E-state index contributed by atoms with van der Waals surface area (Å²) in [6.07, 6.45) is 2.56. The first-order chi connectivity index (χ1) is 14.2. The summed E-state index contributed by atoms with van der Waals surface area (Å²) in [5.74, 6) is 2.26. The Morgan fingerprint density at radius 1 is 1.10 bits per heavy atom. The van der Waals surface area contributed by atoms with E-state index in [0.29, 0.717) is 25.6 Å². The van der Waals surface area contributed by atoms with E-state index >= 15 is 0 Å². The third-order valence-corrected chi connectivity index (χ3v) is 4.25. The molecule has 0 bridgehead atoms. The minimum Gasteiger partial charge on any atom is -0.496 e. The van der Waals surface area contributed by atoms with E-state index in [2.05, 4.69) is 39.7 Å². The second-order valence-corrected chi connectivity index (χ2v) is 6.50. The van der Waals surface area contributed by atoms with Crippen LogP contribution in [0.25, 0.3) is 0 Å². The zero-order chi connectivity index (χ0) is 20.9. The Kier molecular flexibility index (Phi) is 9.78. The Hall–Kier alpha value is -2.80. The van der Waals surface area contributed by atoms with Gasteiger partial charge >= 0.3 is 0 Å². The van der Waals surface area contributed by atoms with Crippen LogP contribution in [0.1, 0.15) is 23.6 Å². The van der Waals surface area contributed by atoms with E-state index in [4.69, 9.17) is 14.2 Å². The Morgan fingerprint density at radius 2 is 1.97 bits per heavy atom. The second-order valence-electron chi connectivity index (χ2n) is 6.50. The van der Waals surface area contributed by atoms with Gasteiger partial charge in [-0.25, -0.2) is 9.98 Å².